The van der Waals surface area contributed by atoms with Gasteiger partial charge in [-0.05, 0) is 26.3 Å². The van der Waals surface area contributed by atoms with E-state index in [1.807, 2.05) is 6.20 Å². The quantitative estimate of drug-likeness (QED) is 0.770. The van der Waals surface area contributed by atoms with Gasteiger partial charge >= 0.3 is 0 Å². The monoisotopic (exact) mass is 223 g/mol. The largest absolute Gasteiger partial charge is 0.331 e. The van der Waals surface area contributed by atoms with Crippen LogP contribution >= 0.6 is 0 Å². The number of likely N-dealkylation sites (N-methyl/N-ethyl adjacent to an activating group) is 1. The molecule has 1 rings (SSSR count). The lowest BCUT2D eigenvalue weighted by Gasteiger charge is -2.28. The van der Waals surface area contributed by atoms with Crippen LogP contribution in [0.3, 0.4) is 0 Å². The van der Waals surface area contributed by atoms with Crippen molar-refractivity contribution in [3.8, 4) is 0 Å². The van der Waals surface area contributed by atoms with Gasteiger partial charge in [0.2, 0.25) is 0 Å². The van der Waals surface area contributed by atoms with Gasteiger partial charge in [0, 0.05) is 24.5 Å². The molecule has 1 aromatic rings. The van der Waals surface area contributed by atoms with E-state index < -0.39 is 0 Å². The molecule has 0 aliphatic heterocycles. The van der Waals surface area contributed by atoms with E-state index in [0.29, 0.717) is 12.1 Å². The van der Waals surface area contributed by atoms with Gasteiger partial charge in [0.15, 0.2) is 0 Å². The normalized spacial score (nSPS) is 15.0. The molecular weight excluding hydrogens is 198 g/mol. The van der Waals surface area contributed by atoms with E-state index in [1.165, 1.54) is 12.8 Å². The molecule has 16 heavy (non-hydrogen) atoms. The Labute approximate surface area is 99.3 Å². The van der Waals surface area contributed by atoms with Crippen molar-refractivity contribution < 1.29 is 0 Å². The number of hydrogen-bond donors (Lipinski definition) is 1. The van der Waals surface area contributed by atoms with Gasteiger partial charge in [-0.3, -0.25) is 0 Å². The summed E-state index contributed by atoms with van der Waals surface area (Å²) in [6.07, 6.45) is 7.59. The second-order valence-corrected chi connectivity index (χ2v) is 4.31. The molecule has 0 bridgehead atoms. The van der Waals surface area contributed by atoms with Crippen molar-refractivity contribution in [2.24, 2.45) is 0 Å². The fourth-order valence-corrected chi connectivity index (χ4v) is 2.42. The first-order valence-electron chi connectivity index (χ1n) is 6.47. The zero-order valence-corrected chi connectivity index (χ0v) is 11.0. The first-order chi connectivity index (χ1) is 7.74. The maximum absolute atomic E-state index is 4.32. The summed E-state index contributed by atoms with van der Waals surface area (Å²) in [5, 5.41) is 3.60. The summed E-state index contributed by atoms with van der Waals surface area (Å²) in [6.45, 7) is 9.80. The van der Waals surface area contributed by atoms with Crippen LogP contribution in [-0.4, -0.2) is 22.1 Å². The van der Waals surface area contributed by atoms with Crippen molar-refractivity contribution in [2.75, 3.05) is 6.54 Å². The number of nitrogens with zero attached hydrogens (tertiary/aromatic N) is 2. The van der Waals surface area contributed by atoms with Crippen molar-refractivity contribution in [2.45, 2.75) is 59.0 Å². The number of imidazole rings is 1. The predicted octanol–water partition coefficient (Wildman–Crippen LogP) is 2.92. The lowest BCUT2D eigenvalue weighted by molar-refractivity contribution is 0.321. The first-order valence-corrected chi connectivity index (χ1v) is 6.47. The van der Waals surface area contributed by atoms with Gasteiger partial charge in [0.1, 0.15) is 5.82 Å². The topological polar surface area (TPSA) is 29.9 Å². The Morgan fingerprint density at radius 2 is 2.12 bits per heavy atom. The van der Waals surface area contributed by atoms with E-state index in [2.05, 4.69) is 48.8 Å². The van der Waals surface area contributed by atoms with Crippen LogP contribution in [-0.2, 0) is 0 Å². The van der Waals surface area contributed by atoms with E-state index in [1.54, 1.807) is 0 Å². The minimum atomic E-state index is 0.530. The fourth-order valence-electron chi connectivity index (χ4n) is 2.42. The highest BCUT2D eigenvalue weighted by atomic mass is 15.1. The number of hydrogen-bond acceptors (Lipinski definition) is 2. The molecule has 3 heteroatoms. The van der Waals surface area contributed by atoms with E-state index in [9.17, 15) is 0 Å². The van der Waals surface area contributed by atoms with E-state index >= 15 is 0 Å². The number of rotatable bonds is 7. The number of aromatic nitrogens is 2. The van der Waals surface area contributed by atoms with Crippen molar-refractivity contribution in [1.29, 1.82) is 0 Å². The summed E-state index contributed by atoms with van der Waals surface area (Å²) >= 11 is 0. The van der Waals surface area contributed by atoms with Gasteiger partial charge in [-0.15, -0.1) is 0 Å². The summed E-state index contributed by atoms with van der Waals surface area (Å²) in [5.74, 6) is 1.12. The highest BCUT2D eigenvalue weighted by molar-refractivity contribution is 4.95. The Balaban J connectivity index is 2.81. The molecule has 0 spiro atoms. The predicted molar refractivity (Wildman–Crippen MR) is 68.7 cm³/mol. The third kappa shape index (κ3) is 3.08. The molecule has 0 aromatic carbocycles. The maximum atomic E-state index is 4.32. The van der Waals surface area contributed by atoms with Gasteiger partial charge < -0.3 is 9.88 Å². The van der Waals surface area contributed by atoms with Crippen LogP contribution in [0.4, 0.5) is 0 Å². The molecule has 3 nitrogen and oxygen atoms in total. The number of aryl methyl sites for hydroxylation is 1. The molecule has 0 aliphatic rings. The van der Waals surface area contributed by atoms with Crippen LogP contribution in [0.2, 0.25) is 0 Å². The molecule has 0 aliphatic carbocycles. The molecule has 1 heterocycles. The average Bonchev–Trinajstić information content (AvgIpc) is 2.67. The van der Waals surface area contributed by atoms with Crippen molar-refractivity contribution in [3.05, 3.63) is 18.2 Å². The van der Waals surface area contributed by atoms with Crippen LogP contribution in [0.25, 0.3) is 0 Å². The summed E-state index contributed by atoms with van der Waals surface area (Å²) < 4.78 is 2.31. The molecule has 0 amide bonds. The Bertz CT molecular complexity index is 287. The molecule has 0 radical (unpaired) electrons. The minimum Gasteiger partial charge on any atom is -0.331 e. The molecule has 0 saturated carbocycles. The SMILES string of the molecule is CCCC(NCC)C(CC)n1ccnc1C. The van der Waals surface area contributed by atoms with Crippen molar-refractivity contribution >= 4 is 0 Å². The van der Waals surface area contributed by atoms with Crippen molar-refractivity contribution in [1.82, 2.24) is 14.9 Å². The summed E-state index contributed by atoms with van der Waals surface area (Å²) in [6, 6.07) is 1.09. The second kappa shape index (κ2) is 6.69. The summed E-state index contributed by atoms with van der Waals surface area (Å²) in [4.78, 5) is 4.32. The van der Waals surface area contributed by atoms with Crippen LogP contribution in [0.1, 0.15) is 51.9 Å². The Morgan fingerprint density at radius 1 is 1.38 bits per heavy atom. The van der Waals surface area contributed by atoms with Gasteiger partial charge in [0.25, 0.3) is 0 Å². The Hall–Kier alpha value is -0.830. The summed E-state index contributed by atoms with van der Waals surface area (Å²) in [5.41, 5.74) is 0. The maximum Gasteiger partial charge on any atom is 0.105 e. The standard InChI is InChI=1S/C13H25N3/c1-5-8-12(14-7-3)13(6-2)16-10-9-15-11(16)4/h9-10,12-14H,5-8H2,1-4H3. The van der Waals surface area contributed by atoms with Crippen LogP contribution in [0, 0.1) is 6.92 Å². The van der Waals surface area contributed by atoms with Crippen LogP contribution < -0.4 is 5.32 Å². The van der Waals surface area contributed by atoms with E-state index in [4.69, 9.17) is 0 Å². The second-order valence-electron chi connectivity index (χ2n) is 4.31. The zero-order valence-electron chi connectivity index (χ0n) is 11.0. The van der Waals surface area contributed by atoms with E-state index in [-0.39, 0.29) is 0 Å². The molecule has 1 N–H and O–H groups in total. The fraction of sp³-hybridized carbons (Fsp3) is 0.769. The zero-order chi connectivity index (χ0) is 12.0. The highest BCUT2D eigenvalue weighted by Crippen LogP contribution is 2.21. The van der Waals surface area contributed by atoms with Crippen LogP contribution in [0.15, 0.2) is 12.4 Å². The van der Waals surface area contributed by atoms with Gasteiger partial charge in [-0.25, -0.2) is 4.98 Å². The average molecular weight is 223 g/mol. The van der Waals surface area contributed by atoms with E-state index in [0.717, 1.165) is 18.8 Å². The smallest absolute Gasteiger partial charge is 0.105 e. The van der Waals surface area contributed by atoms with Crippen LogP contribution in [0.5, 0.6) is 0 Å². The third-order valence-electron chi connectivity index (χ3n) is 3.17. The first kappa shape index (κ1) is 13.2. The molecule has 0 saturated heterocycles. The van der Waals surface area contributed by atoms with Crippen molar-refractivity contribution in [3.63, 3.8) is 0 Å². The van der Waals surface area contributed by atoms with Gasteiger partial charge in [-0.2, -0.15) is 0 Å². The Kier molecular flexibility index (Phi) is 5.53. The summed E-state index contributed by atoms with van der Waals surface area (Å²) in [7, 11) is 0. The molecule has 2 unspecified atom stereocenters. The molecule has 92 valence electrons. The minimum absolute atomic E-state index is 0.530. The molecule has 0 fully saturated rings. The lowest BCUT2D eigenvalue weighted by atomic mass is 10.0. The number of nitrogens with one attached hydrogen (secondary N) is 1. The molecule has 1 aromatic heterocycles. The van der Waals surface area contributed by atoms with Gasteiger partial charge in [0.05, 0.1) is 0 Å². The third-order valence-corrected chi connectivity index (χ3v) is 3.17. The highest BCUT2D eigenvalue weighted by Gasteiger charge is 2.20. The molecule has 2 atom stereocenters. The Morgan fingerprint density at radius 3 is 2.56 bits per heavy atom. The van der Waals surface area contributed by atoms with Gasteiger partial charge in [-0.1, -0.05) is 27.2 Å². The lowest BCUT2D eigenvalue weighted by Crippen LogP contribution is -2.37. The molecular formula is C13H25N3.